The number of ether oxygens (including phenoxy) is 1. The average Bonchev–Trinajstić information content (AvgIpc) is 2.26. The Balaban J connectivity index is 2.72. The van der Waals surface area contributed by atoms with E-state index in [2.05, 4.69) is 11.8 Å². The van der Waals surface area contributed by atoms with Crippen LogP contribution in [0, 0.1) is 18.8 Å². The molecule has 1 aromatic rings. The smallest absolute Gasteiger partial charge is 0.119 e. The van der Waals surface area contributed by atoms with E-state index >= 15 is 0 Å². The van der Waals surface area contributed by atoms with Gasteiger partial charge < -0.3 is 4.74 Å². The first-order chi connectivity index (χ1) is 7.27. The minimum Gasteiger partial charge on any atom is -0.497 e. The molecule has 0 spiro atoms. The van der Waals surface area contributed by atoms with Gasteiger partial charge in [0.15, 0.2) is 0 Å². The van der Waals surface area contributed by atoms with Crippen LogP contribution >= 0.6 is 11.6 Å². The number of halogens is 1. The Labute approximate surface area is 96.4 Å². The molecule has 15 heavy (non-hydrogen) atoms. The van der Waals surface area contributed by atoms with Crippen LogP contribution in [0.25, 0.3) is 0 Å². The maximum Gasteiger partial charge on any atom is 0.119 e. The highest BCUT2D eigenvalue weighted by Gasteiger charge is 1.96. The minimum absolute atomic E-state index is 0.677. The number of rotatable bonds is 3. The molecule has 1 aromatic carbocycles. The van der Waals surface area contributed by atoms with E-state index in [1.54, 1.807) is 7.11 Å². The zero-order valence-electron chi connectivity index (χ0n) is 9.14. The molecule has 1 nitrogen and oxygen atoms in total. The number of hydrogen-bond donors (Lipinski definition) is 0. The fourth-order valence-corrected chi connectivity index (χ4v) is 1.35. The molecule has 0 atom stereocenters. The first kappa shape index (κ1) is 11.9. The lowest BCUT2D eigenvalue weighted by molar-refractivity contribution is 0.414. The van der Waals surface area contributed by atoms with Gasteiger partial charge >= 0.3 is 0 Å². The Morgan fingerprint density at radius 3 is 2.80 bits per heavy atom. The Bertz CT molecular complexity index is 374. The lowest BCUT2D eigenvalue weighted by atomic mass is 10.1. The van der Waals surface area contributed by atoms with Crippen LogP contribution in [0.4, 0.5) is 0 Å². The van der Waals surface area contributed by atoms with Gasteiger partial charge in [0.2, 0.25) is 0 Å². The van der Waals surface area contributed by atoms with Crippen molar-refractivity contribution < 1.29 is 4.74 Å². The van der Waals surface area contributed by atoms with Crippen LogP contribution in [0.2, 0.25) is 0 Å². The molecule has 0 aliphatic rings. The zero-order valence-corrected chi connectivity index (χ0v) is 9.90. The first-order valence-electron chi connectivity index (χ1n) is 4.97. The molecule has 0 fully saturated rings. The van der Waals surface area contributed by atoms with Gasteiger partial charge in [0, 0.05) is 17.9 Å². The molecular formula is C13H15ClO. The van der Waals surface area contributed by atoms with Crippen molar-refractivity contribution in [2.75, 3.05) is 13.0 Å². The molecule has 0 aromatic heterocycles. The van der Waals surface area contributed by atoms with Gasteiger partial charge in [-0.3, -0.25) is 0 Å². The van der Waals surface area contributed by atoms with Gasteiger partial charge in [0.25, 0.3) is 0 Å². The Kier molecular flexibility index (Phi) is 5.07. The molecule has 0 amide bonds. The second-order valence-electron chi connectivity index (χ2n) is 3.28. The van der Waals surface area contributed by atoms with E-state index in [0.29, 0.717) is 5.88 Å². The molecule has 1 rings (SSSR count). The summed E-state index contributed by atoms with van der Waals surface area (Å²) in [5.74, 6) is 7.79. The Morgan fingerprint density at radius 2 is 2.20 bits per heavy atom. The molecule has 0 unspecified atom stereocenters. The van der Waals surface area contributed by atoms with Crippen LogP contribution in [-0.2, 0) is 0 Å². The van der Waals surface area contributed by atoms with Gasteiger partial charge in [-0.1, -0.05) is 11.8 Å². The average molecular weight is 223 g/mol. The lowest BCUT2D eigenvalue weighted by Crippen LogP contribution is -1.86. The van der Waals surface area contributed by atoms with Crippen LogP contribution < -0.4 is 4.74 Å². The van der Waals surface area contributed by atoms with Crippen molar-refractivity contribution in [1.29, 1.82) is 0 Å². The topological polar surface area (TPSA) is 9.23 Å². The molecule has 0 radical (unpaired) electrons. The molecule has 2 heteroatoms. The fourth-order valence-electron chi connectivity index (χ4n) is 1.22. The number of unbranched alkanes of at least 4 members (excludes halogenated alkanes) is 1. The SMILES string of the molecule is COc1ccc(C#CCCCCl)c(C)c1. The quantitative estimate of drug-likeness (QED) is 0.433. The third-order valence-electron chi connectivity index (χ3n) is 2.09. The predicted molar refractivity (Wildman–Crippen MR) is 64.6 cm³/mol. The van der Waals surface area contributed by atoms with Crippen LogP contribution in [0.5, 0.6) is 5.75 Å². The summed E-state index contributed by atoms with van der Waals surface area (Å²) < 4.78 is 5.13. The normalized spacial score (nSPS) is 9.27. The van der Waals surface area contributed by atoms with E-state index in [1.165, 1.54) is 0 Å². The van der Waals surface area contributed by atoms with E-state index in [-0.39, 0.29) is 0 Å². The van der Waals surface area contributed by atoms with Crippen molar-refractivity contribution in [2.24, 2.45) is 0 Å². The van der Waals surface area contributed by atoms with Gasteiger partial charge in [-0.2, -0.15) is 0 Å². The van der Waals surface area contributed by atoms with Gasteiger partial charge in [0.1, 0.15) is 5.75 Å². The highest BCUT2D eigenvalue weighted by molar-refractivity contribution is 6.17. The number of aryl methyl sites for hydroxylation is 1. The Hall–Kier alpha value is -1.13. The van der Waals surface area contributed by atoms with Gasteiger partial charge in [0.05, 0.1) is 7.11 Å². The highest BCUT2D eigenvalue weighted by Crippen LogP contribution is 2.15. The van der Waals surface area contributed by atoms with Crippen molar-refractivity contribution in [3.8, 4) is 17.6 Å². The van der Waals surface area contributed by atoms with E-state index in [1.807, 2.05) is 25.1 Å². The number of methoxy groups -OCH3 is 1. The van der Waals surface area contributed by atoms with E-state index in [9.17, 15) is 0 Å². The molecule has 0 bridgehead atoms. The summed E-state index contributed by atoms with van der Waals surface area (Å²) in [6.07, 6.45) is 1.80. The summed E-state index contributed by atoms with van der Waals surface area (Å²) >= 11 is 5.57. The molecule has 0 saturated carbocycles. The second-order valence-corrected chi connectivity index (χ2v) is 3.65. The van der Waals surface area contributed by atoms with Crippen molar-refractivity contribution >= 4 is 11.6 Å². The highest BCUT2D eigenvalue weighted by atomic mass is 35.5. The maximum atomic E-state index is 5.57. The molecule has 0 aliphatic heterocycles. The standard InChI is InChI=1S/C13H15ClO/c1-11-10-13(15-2)8-7-12(11)6-4-3-5-9-14/h7-8,10H,3,5,9H2,1-2H3. The summed E-state index contributed by atoms with van der Waals surface area (Å²) in [4.78, 5) is 0. The van der Waals surface area contributed by atoms with Crippen molar-refractivity contribution in [3.05, 3.63) is 29.3 Å². The molecule has 0 N–H and O–H groups in total. The summed E-state index contributed by atoms with van der Waals surface area (Å²) in [7, 11) is 1.67. The van der Waals surface area contributed by atoms with Crippen LogP contribution in [0.15, 0.2) is 18.2 Å². The summed E-state index contributed by atoms with van der Waals surface area (Å²) in [5, 5.41) is 0. The Morgan fingerprint density at radius 1 is 1.40 bits per heavy atom. The first-order valence-corrected chi connectivity index (χ1v) is 5.51. The van der Waals surface area contributed by atoms with Crippen LogP contribution in [0.1, 0.15) is 24.0 Å². The van der Waals surface area contributed by atoms with Gasteiger partial charge in [-0.25, -0.2) is 0 Å². The third kappa shape index (κ3) is 3.85. The number of hydrogen-bond acceptors (Lipinski definition) is 1. The lowest BCUT2D eigenvalue weighted by Gasteiger charge is -2.02. The monoisotopic (exact) mass is 222 g/mol. The molecule has 80 valence electrons. The molecule has 0 aliphatic carbocycles. The number of alkyl halides is 1. The molecule has 0 heterocycles. The maximum absolute atomic E-state index is 5.57. The van der Waals surface area contributed by atoms with Crippen LogP contribution in [0.3, 0.4) is 0 Å². The third-order valence-corrected chi connectivity index (χ3v) is 2.36. The second kappa shape index (κ2) is 6.37. The zero-order chi connectivity index (χ0) is 11.1. The summed E-state index contributed by atoms with van der Waals surface area (Å²) in [6.45, 7) is 2.04. The molecule has 0 saturated heterocycles. The van der Waals surface area contributed by atoms with Crippen molar-refractivity contribution in [3.63, 3.8) is 0 Å². The van der Waals surface area contributed by atoms with Gasteiger partial charge in [-0.15, -0.1) is 11.6 Å². The summed E-state index contributed by atoms with van der Waals surface area (Å²) in [5.41, 5.74) is 2.21. The summed E-state index contributed by atoms with van der Waals surface area (Å²) in [6, 6.07) is 5.91. The van der Waals surface area contributed by atoms with Crippen molar-refractivity contribution in [2.45, 2.75) is 19.8 Å². The number of benzene rings is 1. The van der Waals surface area contributed by atoms with Gasteiger partial charge in [-0.05, 0) is 37.1 Å². The van der Waals surface area contributed by atoms with Crippen LogP contribution in [-0.4, -0.2) is 13.0 Å². The fraction of sp³-hybridized carbons (Fsp3) is 0.385. The minimum atomic E-state index is 0.677. The largest absolute Gasteiger partial charge is 0.497 e. The van der Waals surface area contributed by atoms with Crippen molar-refractivity contribution in [1.82, 2.24) is 0 Å². The van der Waals surface area contributed by atoms with E-state index in [4.69, 9.17) is 16.3 Å². The molecular weight excluding hydrogens is 208 g/mol. The van der Waals surface area contributed by atoms with E-state index < -0.39 is 0 Å². The van der Waals surface area contributed by atoms with E-state index in [0.717, 1.165) is 29.7 Å². The predicted octanol–water partition coefficient (Wildman–Crippen LogP) is 3.37.